The van der Waals surface area contributed by atoms with E-state index < -0.39 is 0 Å². The topological polar surface area (TPSA) is 83.0 Å². The Morgan fingerprint density at radius 3 is 3.06 bits per heavy atom. The number of rotatable bonds is 4. The molecule has 7 nitrogen and oxygen atoms in total. The van der Waals surface area contributed by atoms with E-state index in [2.05, 4.69) is 20.0 Å². The summed E-state index contributed by atoms with van der Waals surface area (Å²) >= 11 is 1.13. The van der Waals surface area contributed by atoms with Crippen LogP contribution < -0.4 is 0 Å². The molecule has 0 unspecified atom stereocenters. The van der Waals surface area contributed by atoms with Crippen molar-refractivity contribution in [3.05, 3.63) is 12.3 Å². The van der Waals surface area contributed by atoms with Gasteiger partial charge >= 0.3 is 5.97 Å². The number of ether oxygens (including phenoxy) is 1. The van der Waals surface area contributed by atoms with Crippen LogP contribution in [0.15, 0.2) is 21.9 Å². The number of nitrogens with zero attached hydrogens (tertiary/aromatic N) is 4. The van der Waals surface area contributed by atoms with Crippen molar-refractivity contribution in [1.29, 1.82) is 0 Å². The molecule has 0 amide bonds. The van der Waals surface area contributed by atoms with Gasteiger partial charge in [0.1, 0.15) is 11.4 Å². The Balaban J connectivity index is 2.06. The maximum absolute atomic E-state index is 10.9. The third-order valence-electron chi connectivity index (χ3n) is 1.99. The summed E-state index contributed by atoms with van der Waals surface area (Å²) in [5.74, 6) is 0.177. The van der Waals surface area contributed by atoms with Gasteiger partial charge in [-0.3, -0.25) is 9.48 Å². The Labute approximate surface area is 101 Å². The van der Waals surface area contributed by atoms with Crippen LogP contribution in [-0.2, 0) is 16.6 Å². The second kappa shape index (κ2) is 5.00. The van der Waals surface area contributed by atoms with E-state index in [1.54, 1.807) is 24.0 Å². The van der Waals surface area contributed by atoms with Crippen LogP contribution in [-0.4, -0.2) is 38.8 Å². The molecule has 0 aromatic carbocycles. The summed E-state index contributed by atoms with van der Waals surface area (Å²) in [6, 6.07) is 1.77. The summed E-state index contributed by atoms with van der Waals surface area (Å²) in [6.07, 6.45) is 1.64. The number of carbonyl (C=O) groups is 1. The fourth-order valence-electron chi connectivity index (χ4n) is 1.13. The molecule has 0 aliphatic carbocycles. The van der Waals surface area contributed by atoms with Crippen LogP contribution in [0.2, 0.25) is 0 Å². The molecule has 0 fully saturated rings. The molecule has 2 heterocycles. The van der Waals surface area contributed by atoms with E-state index in [0.717, 1.165) is 17.5 Å². The summed E-state index contributed by atoms with van der Waals surface area (Å²) < 4.78 is 11.5. The smallest absolute Gasteiger partial charge is 0.316 e. The molecule has 2 rings (SSSR count). The van der Waals surface area contributed by atoms with Crippen LogP contribution in [0.25, 0.3) is 11.6 Å². The van der Waals surface area contributed by atoms with E-state index in [1.807, 2.05) is 0 Å². The van der Waals surface area contributed by atoms with Gasteiger partial charge in [-0.2, -0.15) is 5.10 Å². The Morgan fingerprint density at radius 2 is 2.41 bits per heavy atom. The van der Waals surface area contributed by atoms with E-state index in [9.17, 15) is 4.79 Å². The van der Waals surface area contributed by atoms with Crippen molar-refractivity contribution in [2.75, 3.05) is 12.9 Å². The minimum Gasteiger partial charge on any atom is -0.468 e. The standard InChI is InChI=1S/C9H10N4O3S/c1-13-6(3-4-10-13)8-11-12-9(16-8)17-5-7(14)15-2/h3-4H,5H2,1-2H3. The molecule has 0 aliphatic rings. The highest BCUT2D eigenvalue weighted by Gasteiger charge is 2.13. The maximum Gasteiger partial charge on any atom is 0.316 e. The van der Waals surface area contributed by atoms with Crippen molar-refractivity contribution in [2.24, 2.45) is 7.05 Å². The number of hydrogen-bond acceptors (Lipinski definition) is 7. The van der Waals surface area contributed by atoms with E-state index in [4.69, 9.17) is 4.42 Å². The van der Waals surface area contributed by atoms with E-state index in [1.165, 1.54) is 7.11 Å². The predicted molar refractivity (Wildman–Crippen MR) is 59.2 cm³/mol. The zero-order valence-corrected chi connectivity index (χ0v) is 10.1. The number of aryl methyl sites for hydroxylation is 1. The Bertz CT molecular complexity index is 522. The summed E-state index contributed by atoms with van der Waals surface area (Å²) in [5.41, 5.74) is 0.724. The summed E-state index contributed by atoms with van der Waals surface area (Å²) in [5, 5.41) is 12.0. The lowest BCUT2D eigenvalue weighted by molar-refractivity contribution is -0.137. The number of esters is 1. The first-order chi connectivity index (χ1) is 8.20. The summed E-state index contributed by atoms with van der Waals surface area (Å²) in [4.78, 5) is 10.9. The average Bonchev–Trinajstić information content (AvgIpc) is 2.94. The largest absolute Gasteiger partial charge is 0.468 e. The predicted octanol–water partition coefficient (Wildman–Crippen LogP) is 0.735. The highest BCUT2D eigenvalue weighted by Crippen LogP contribution is 2.22. The van der Waals surface area contributed by atoms with Crippen LogP contribution in [0.5, 0.6) is 0 Å². The van der Waals surface area contributed by atoms with Crippen LogP contribution in [0.4, 0.5) is 0 Å². The van der Waals surface area contributed by atoms with Gasteiger partial charge in [0.05, 0.1) is 7.11 Å². The van der Waals surface area contributed by atoms with Crippen LogP contribution >= 0.6 is 11.8 Å². The second-order valence-electron chi connectivity index (χ2n) is 3.08. The van der Waals surface area contributed by atoms with Crippen molar-refractivity contribution in [2.45, 2.75) is 5.22 Å². The average molecular weight is 254 g/mol. The van der Waals surface area contributed by atoms with Gasteiger partial charge in [-0.25, -0.2) is 0 Å². The first-order valence-electron chi connectivity index (χ1n) is 4.72. The molecule has 0 saturated heterocycles. The minimum absolute atomic E-state index is 0.142. The van der Waals surface area contributed by atoms with E-state index >= 15 is 0 Å². The minimum atomic E-state index is -0.338. The SMILES string of the molecule is COC(=O)CSc1nnc(-c2ccnn2C)o1. The highest BCUT2D eigenvalue weighted by atomic mass is 32.2. The lowest BCUT2D eigenvalue weighted by Crippen LogP contribution is -2.02. The van der Waals surface area contributed by atoms with E-state index in [0.29, 0.717) is 11.1 Å². The first-order valence-corrected chi connectivity index (χ1v) is 5.70. The number of carbonyl (C=O) groups excluding carboxylic acids is 1. The molecule has 0 aliphatic heterocycles. The van der Waals surface area contributed by atoms with Crippen molar-refractivity contribution in [1.82, 2.24) is 20.0 Å². The molecule has 8 heteroatoms. The van der Waals surface area contributed by atoms with Crippen LogP contribution in [0.1, 0.15) is 0 Å². The van der Waals surface area contributed by atoms with Crippen molar-refractivity contribution in [3.63, 3.8) is 0 Å². The van der Waals surface area contributed by atoms with Gasteiger partial charge in [-0.05, 0) is 6.07 Å². The molecule has 0 atom stereocenters. The Hall–Kier alpha value is -1.83. The molecule has 0 N–H and O–H groups in total. The second-order valence-corrected chi connectivity index (χ2v) is 4.00. The molecule has 0 bridgehead atoms. The van der Waals surface area contributed by atoms with Crippen molar-refractivity contribution in [3.8, 4) is 11.6 Å². The van der Waals surface area contributed by atoms with Gasteiger partial charge in [0.2, 0.25) is 0 Å². The summed E-state index contributed by atoms with van der Waals surface area (Å²) in [7, 11) is 3.11. The van der Waals surface area contributed by atoms with Gasteiger partial charge in [0, 0.05) is 13.2 Å². The van der Waals surface area contributed by atoms with Gasteiger partial charge in [-0.1, -0.05) is 11.8 Å². The van der Waals surface area contributed by atoms with Crippen molar-refractivity contribution >= 4 is 17.7 Å². The Kier molecular flexibility index (Phi) is 3.43. The molecular formula is C9H10N4O3S. The summed E-state index contributed by atoms with van der Waals surface area (Å²) in [6.45, 7) is 0. The van der Waals surface area contributed by atoms with Crippen LogP contribution in [0.3, 0.4) is 0 Å². The number of hydrogen-bond donors (Lipinski definition) is 0. The quantitative estimate of drug-likeness (QED) is 0.587. The third-order valence-corrected chi connectivity index (χ3v) is 2.78. The molecule has 17 heavy (non-hydrogen) atoms. The molecule has 90 valence electrons. The highest BCUT2D eigenvalue weighted by molar-refractivity contribution is 7.99. The fourth-order valence-corrected chi connectivity index (χ4v) is 1.73. The van der Waals surface area contributed by atoms with Gasteiger partial charge in [-0.15, -0.1) is 10.2 Å². The maximum atomic E-state index is 10.9. The van der Waals surface area contributed by atoms with Gasteiger partial charge < -0.3 is 9.15 Å². The zero-order chi connectivity index (χ0) is 12.3. The monoisotopic (exact) mass is 254 g/mol. The molecule has 0 saturated carbocycles. The fraction of sp³-hybridized carbons (Fsp3) is 0.333. The molecule has 0 spiro atoms. The molecule has 2 aromatic heterocycles. The normalized spacial score (nSPS) is 10.5. The lowest BCUT2D eigenvalue weighted by Gasteiger charge is -1.95. The molecule has 0 radical (unpaired) electrons. The van der Waals surface area contributed by atoms with Crippen LogP contribution in [0, 0.1) is 0 Å². The zero-order valence-electron chi connectivity index (χ0n) is 9.28. The number of thioether (sulfide) groups is 1. The number of aromatic nitrogens is 4. The number of methoxy groups -OCH3 is 1. The van der Waals surface area contributed by atoms with Gasteiger partial charge in [0.15, 0.2) is 0 Å². The van der Waals surface area contributed by atoms with Crippen molar-refractivity contribution < 1.29 is 13.9 Å². The first kappa shape index (κ1) is 11.6. The lowest BCUT2D eigenvalue weighted by atomic mass is 10.4. The Morgan fingerprint density at radius 1 is 1.59 bits per heavy atom. The molecular weight excluding hydrogens is 244 g/mol. The van der Waals surface area contributed by atoms with E-state index in [-0.39, 0.29) is 11.7 Å². The van der Waals surface area contributed by atoms with Gasteiger partial charge in [0.25, 0.3) is 11.1 Å². The molecule has 2 aromatic rings. The third kappa shape index (κ3) is 2.64.